The van der Waals surface area contributed by atoms with Gasteiger partial charge in [-0.3, -0.25) is 4.79 Å². The minimum atomic E-state index is -4.36. The number of halogens is 3. The van der Waals surface area contributed by atoms with Gasteiger partial charge in [0.2, 0.25) is 0 Å². The van der Waals surface area contributed by atoms with Crippen LogP contribution in [0.3, 0.4) is 0 Å². The average Bonchev–Trinajstić information content (AvgIpc) is 2.57. The first kappa shape index (κ1) is 12.7. The Morgan fingerprint density at radius 2 is 1.83 bits per heavy atom. The fourth-order valence-electron chi connectivity index (χ4n) is 1.35. The van der Waals surface area contributed by atoms with Gasteiger partial charge in [0, 0.05) is 0 Å². The summed E-state index contributed by atoms with van der Waals surface area (Å²) in [6.45, 7) is 0. The molecule has 0 radical (unpaired) electrons. The molecule has 0 atom stereocenters. The van der Waals surface area contributed by atoms with E-state index < -0.39 is 17.6 Å². The van der Waals surface area contributed by atoms with Crippen molar-refractivity contribution in [1.29, 1.82) is 0 Å². The molecule has 1 heterocycles. The predicted molar refractivity (Wildman–Crippen MR) is 63.6 cm³/mol. The minimum Gasteiger partial charge on any atom is -0.378 e. The van der Waals surface area contributed by atoms with Crippen LogP contribution < -0.4 is 5.73 Å². The van der Waals surface area contributed by atoms with Crippen molar-refractivity contribution >= 4 is 28.9 Å². The van der Waals surface area contributed by atoms with Crippen molar-refractivity contribution in [3.63, 3.8) is 0 Å². The Morgan fingerprint density at radius 1 is 1.22 bits per heavy atom. The van der Waals surface area contributed by atoms with Crippen molar-refractivity contribution in [2.75, 3.05) is 0 Å². The lowest BCUT2D eigenvalue weighted by atomic mass is 10.1. The molecular weight excluding hydrogens is 265 g/mol. The summed E-state index contributed by atoms with van der Waals surface area (Å²) < 4.78 is 37.0. The summed E-state index contributed by atoms with van der Waals surface area (Å²) >= 11 is 0.995. The zero-order chi connectivity index (χ0) is 13.3. The molecule has 18 heavy (non-hydrogen) atoms. The van der Waals surface area contributed by atoms with Crippen LogP contribution in [0.4, 0.5) is 13.2 Å². The number of thioether (sulfide) groups is 1. The van der Waals surface area contributed by atoms with Crippen LogP contribution in [-0.2, 0) is 11.0 Å². The van der Waals surface area contributed by atoms with Gasteiger partial charge in [0.15, 0.2) is 5.17 Å². The monoisotopic (exact) mass is 272 g/mol. The largest absolute Gasteiger partial charge is 0.416 e. The van der Waals surface area contributed by atoms with E-state index >= 15 is 0 Å². The van der Waals surface area contributed by atoms with E-state index in [1.54, 1.807) is 0 Å². The second-order valence-electron chi connectivity index (χ2n) is 3.49. The van der Waals surface area contributed by atoms with Crippen molar-refractivity contribution < 1.29 is 18.0 Å². The highest BCUT2D eigenvalue weighted by Crippen LogP contribution is 2.30. The van der Waals surface area contributed by atoms with E-state index in [0.29, 0.717) is 10.5 Å². The number of benzene rings is 1. The first-order chi connectivity index (χ1) is 8.36. The fourth-order valence-corrected chi connectivity index (χ4v) is 2.03. The SMILES string of the molecule is NC1=NC(=O)C(=Cc2ccc(C(F)(F)F)cc2)S1. The number of nitrogens with zero attached hydrogens (tertiary/aromatic N) is 1. The minimum absolute atomic E-state index is 0.137. The highest BCUT2D eigenvalue weighted by molar-refractivity contribution is 8.18. The highest BCUT2D eigenvalue weighted by atomic mass is 32.2. The molecule has 2 N–H and O–H groups in total. The molecule has 0 bridgehead atoms. The van der Waals surface area contributed by atoms with Gasteiger partial charge in [-0.1, -0.05) is 12.1 Å². The molecule has 0 spiro atoms. The standard InChI is InChI=1S/C11H7F3N2OS/c12-11(13,14)7-3-1-6(2-4-7)5-8-9(17)16-10(15)18-8/h1-5H,(H2,15,16,17). The Balaban J connectivity index is 2.22. The zero-order valence-corrected chi connectivity index (χ0v) is 9.68. The number of amidine groups is 1. The number of carbonyl (C=O) groups excluding carboxylic acids is 1. The van der Waals surface area contributed by atoms with Gasteiger partial charge < -0.3 is 5.73 Å². The maximum absolute atomic E-state index is 12.3. The maximum Gasteiger partial charge on any atom is 0.416 e. The smallest absolute Gasteiger partial charge is 0.378 e. The topological polar surface area (TPSA) is 55.4 Å². The predicted octanol–water partition coefficient (Wildman–Crippen LogP) is 2.63. The summed E-state index contributed by atoms with van der Waals surface area (Å²) in [4.78, 5) is 15.1. The third-order valence-electron chi connectivity index (χ3n) is 2.17. The molecule has 94 valence electrons. The summed E-state index contributed by atoms with van der Waals surface area (Å²) in [7, 11) is 0. The van der Waals surface area contributed by atoms with E-state index in [2.05, 4.69) is 4.99 Å². The van der Waals surface area contributed by atoms with Gasteiger partial charge in [-0.15, -0.1) is 0 Å². The molecule has 7 heteroatoms. The molecule has 0 saturated carbocycles. The lowest BCUT2D eigenvalue weighted by molar-refractivity contribution is -0.137. The Bertz CT molecular complexity index is 546. The van der Waals surface area contributed by atoms with Crippen LogP contribution in [0.25, 0.3) is 6.08 Å². The zero-order valence-electron chi connectivity index (χ0n) is 8.86. The van der Waals surface area contributed by atoms with Gasteiger partial charge >= 0.3 is 6.18 Å². The van der Waals surface area contributed by atoms with Crippen LogP contribution in [0.1, 0.15) is 11.1 Å². The molecule has 2 rings (SSSR count). The Morgan fingerprint density at radius 3 is 2.28 bits per heavy atom. The van der Waals surface area contributed by atoms with Gasteiger partial charge in [0.25, 0.3) is 5.91 Å². The first-order valence-corrected chi connectivity index (χ1v) is 5.63. The van der Waals surface area contributed by atoms with Gasteiger partial charge in [0.05, 0.1) is 10.5 Å². The summed E-state index contributed by atoms with van der Waals surface area (Å²) in [6, 6.07) is 4.50. The Kier molecular flexibility index (Phi) is 3.16. The van der Waals surface area contributed by atoms with E-state index in [4.69, 9.17) is 5.73 Å². The Labute approximate surface area is 105 Å². The van der Waals surface area contributed by atoms with Crippen LogP contribution in [0.2, 0.25) is 0 Å². The lowest BCUT2D eigenvalue weighted by Crippen LogP contribution is -2.04. The number of hydrogen-bond acceptors (Lipinski definition) is 3. The van der Waals surface area contributed by atoms with E-state index in [0.717, 1.165) is 23.9 Å². The molecule has 0 fully saturated rings. The first-order valence-electron chi connectivity index (χ1n) is 4.81. The normalized spacial score (nSPS) is 18.3. The molecule has 1 aromatic carbocycles. The van der Waals surface area contributed by atoms with E-state index in [-0.39, 0.29) is 5.17 Å². The van der Waals surface area contributed by atoms with Crippen molar-refractivity contribution in [3.8, 4) is 0 Å². The molecule has 1 amide bonds. The number of aliphatic imine (C=N–C) groups is 1. The lowest BCUT2D eigenvalue weighted by Gasteiger charge is -2.06. The van der Waals surface area contributed by atoms with Gasteiger partial charge in [-0.05, 0) is 35.5 Å². The fraction of sp³-hybridized carbons (Fsp3) is 0.0909. The molecule has 0 unspecified atom stereocenters. The summed E-state index contributed by atoms with van der Waals surface area (Å²) in [5.74, 6) is -0.475. The second kappa shape index (κ2) is 4.49. The quantitative estimate of drug-likeness (QED) is 0.799. The third kappa shape index (κ3) is 2.73. The van der Waals surface area contributed by atoms with Crippen molar-refractivity contribution in [2.24, 2.45) is 10.7 Å². The molecule has 3 nitrogen and oxygen atoms in total. The molecule has 0 aromatic heterocycles. The van der Waals surface area contributed by atoms with E-state index in [1.807, 2.05) is 0 Å². The van der Waals surface area contributed by atoms with Gasteiger partial charge in [0.1, 0.15) is 0 Å². The number of carbonyl (C=O) groups is 1. The van der Waals surface area contributed by atoms with Crippen molar-refractivity contribution in [2.45, 2.75) is 6.18 Å². The Hall–Kier alpha value is -1.76. The molecule has 1 aromatic rings. The summed E-state index contributed by atoms with van der Waals surface area (Å²) in [5, 5.41) is 0.137. The summed E-state index contributed by atoms with van der Waals surface area (Å²) in [5.41, 5.74) is 5.11. The van der Waals surface area contributed by atoms with Crippen LogP contribution in [0, 0.1) is 0 Å². The molecule has 1 aliphatic heterocycles. The molecule has 0 saturated heterocycles. The van der Waals surface area contributed by atoms with Gasteiger partial charge in [-0.2, -0.15) is 18.2 Å². The molecule has 1 aliphatic rings. The highest BCUT2D eigenvalue weighted by Gasteiger charge is 2.29. The maximum atomic E-state index is 12.3. The number of amides is 1. The third-order valence-corrected chi connectivity index (χ3v) is 2.99. The van der Waals surface area contributed by atoms with E-state index in [9.17, 15) is 18.0 Å². The summed E-state index contributed by atoms with van der Waals surface area (Å²) in [6.07, 6.45) is -2.91. The van der Waals surface area contributed by atoms with Crippen LogP contribution in [0.5, 0.6) is 0 Å². The second-order valence-corrected chi connectivity index (χ2v) is 4.55. The van der Waals surface area contributed by atoms with Crippen LogP contribution >= 0.6 is 11.8 Å². The average molecular weight is 272 g/mol. The van der Waals surface area contributed by atoms with Crippen LogP contribution in [0.15, 0.2) is 34.2 Å². The van der Waals surface area contributed by atoms with Crippen molar-refractivity contribution in [1.82, 2.24) is 0 Å². The number of rotatable bonds is 1. The number of hydrogen-bond donors (Lipinski definition) is 1. The van der Waals surface area contributed by atoms with Crippen molar-refractivity contribution in [3.05, 3.63) is 40.3 Å². The van der Waals surface area contributed by atoms with E-state index in [1.165, 1.54) is 18.2 Å². The number of nitrogens with two attached hydrogens (primary N) is 1. The van der Waals surface area contributed by atoms with Gasteiger partial charge in [-0.25, -0.2) is 0 Å². The molecule has 0 aliphatic carbocycles. The van der Waals surface area contributed by atoms with Crippen LogP contribution in [-0.4, -0.2) is 11.1 Å². The molecular formula is C11H7F3N2OS. The number of alkyl halides is 3.